The SMILES string of the molecule is CCCCCCC(=O)C#Cc1cccc(C)c1. The molecule has 90 valence electrons. The van der Waals surface area contributed by atoms with Crippen LogP contribution in [0.15, 0.2) is 24.3 Å². The Bertz CT molecular complexity index is 421. The van der Waals surface area contributed by atoms with Crippen molar-refractivity contribution in [2.24, 2.45) is 0 Å². The van der Waals surface area contributed by atoms with Gasteiger partial charge >= 0.3 is 0 Å². The summed E-state index contributed by atoms with van der Waals surface area (Å²) in [5, 5.41) is 0. The highest BCUT2D eigenvalue weighted by Gasteiger charge is 1.96. The highest BCUT2D eigenvalue weighted by atomic mass is 16.1. The molecular weight excluding hydrogens is 208 g/mol. The summed E-state index contributed by atoms with van der Waals surface area (Å²) < 4.78 is 0. The van der Waals surface area contributed by atoms with Crippen LogP contribution in [-0.2, 0) is 4.79 Å². The summed E-state index contributed by atoms with van der Waals surface area (Å²) in [5.74, 6) is 5.70. The Labute approximate surface area is 104 Å². The van der Waals surface area contributed by atoms with Crippen molar-refractivity contribution in [1.82, 2.24) is 0 Å². The number of benzene rings is 1. The monoisotopic (exact) mass is 228 g/mol. The normalized spacial score (nSPS) is 9.53. The van der Waals surface area contributed by atoms with Crippen LogP contribution in [0.5, 0.6) is 0 Å². The van der Waals surface area contributed by atoms with E-state index in [0.717, 1.165) is 18.4 Å². The van der Waals surface area contributed by atoms with Gasteiger partial charge in [0.25, 0.3) is 0 Å². The van der Waals surface area contributed by atoms with Gasteiger partial charge < -0.3 is 0 Å². The van der Waals surface area contributed by atoms with Gasteiger partial charge in [-0.3, -0.25) is 4.79 Å². The third kappa shape index (κ3) is 5.92. The molecule has 0 bridgehead atoms. The Morgan fingerprint density at radius 2 is 2.06 bits per heavy atom. The molecule has 0 spiro atoms. The van der Waals surface area contributed by atoms with E-state index in [4.69, 9.17) is 0 Å². The van der Waals surface area contributed by atoms with E-state index in [1.54, 1.807) is 0 Å². The average Bonchev–Trinajstić information content (AvgIpc) is 2.32. The molecule has 0 radical (unpaired) electrons. The third-order valence-corrected chi connectivity index (χ3v) is 2.62. The predicted molar refractivity (Wildman–Crippen MR) is 71.8 cm³/mol. The summed E-state index contributed by atoms with van der Waals surface area (Å²) >= 11 is 0. The fourth-order valence-electron chi connectivity index (χ4n) is 1.64. The van der Waals surface area contributed by atoms with E-state index in [1.807, 2.05) is 31.2 Å². The van der Waals surface area contributed by atoms with Crippen LogP contribution < -0.4 is 0 Å². The van der Waals surface area contributed by atoms with Crippen molar-refractivity contribution in [2.75, 3.05) is 0 Å². The van der Waals surface area contributed by atoms with Gasteiger partial charge in [0.1, 0.15) is 0 Å². The lowest BCUT2D eigenvalue weighted by Crippen LogP contribution is -1.93. The van der Waals surface area contributed by atoms with Crippen molar-refractivity contribution >= 4 is 5.78 Å². The zero-order valence-corrected chi connectivity index (χ0v) is 10.8. The number of rotatable bonds is 5. The lowest BCUT2D eigenvalue weighted by atomic mass is 10.1. The molecule has 0 saturated carbocycles. The van der Waals surface area contributed by atoms with Crippen LogP contribution in [0.25, 0.3) is 0 Å². The molecule has 0 N–H and O–H groups in total. The van der Waals surface area contributed by atoms with E-state index < -0.39 is 0 Å². The number of carbonyl (C=O) groups excluding carboxylic acids is 1. The van der Waals surface area contributed by atoms with Crippen LogP contribution in [0.4, 0.5) is 0 Å². The van der Waals surface area contributed by atoms with Crippen LogP contribution in [0.1, 0.15) is 50.2 Å². The molecule has 1 aromatic carbocycles. The lowest BCUT2D eigenvalue weighted by molar-refractivity contribution is -0.113. The smallest absolute Gasteiger partial charge is 0.205 e. The van der Waals surface area contributed by atoms with Crippen LogP contribution in [0, 0.1) is 18.8 Å². The molecule has 0 unspecified atom stereocenters. The number of ketones is 1. The molecule has 1 aromatic rings. The molecule has 0 heterocycles. The molecule has 0 aliphatic heterocycles. The van der Waals surface area contributed by atoms with Crippen molar-refractivity contribution < 1.29 is 4.79 Å². The highest BCUT2D eigenvalue weighted by molar-refractivity contribution is 5.95. The second-order valence-electron chi connectivity index (χ2n) is 4.35. The lowest BCUT2D eigenvalue weighted by Gasteiger charge is -1.94. The maximum Gasteiger partial charge on any atom is 0.205 e. The van der Waals surface area contributed by atoms with Crippen molar-refractivity contribution in [2.45, 2.75) is 46.0 Å². The molecule has 0 fully saturated rings. The van der Waals surface area contributed by atoms with Gasteiger partial charge in [-0.1, -0.05) is 44.2 Å². The van der Waals surface area contributed by atoms with E-state index in [0.29, 0.717) is 6.42 Å². The summed E-state index contributed by atoms with van der Waals surface area (Å²) in [7, 11) is 0. The average molecular weight is 228 g/mol. The molecule has 17 heavy (non-hydrogen) atoms. The first-order valence-electron chi connectivity index (χ1n) is 6.34. The predicted octanol–water partition coefficient (Wildman–Crippen LogP) is 3.89. The zero-order chi connectivity index (χ0) is 12.5. The van der Waals surface area contributed by atoms with Gasteiger partial charge in [-0.25, -0.2) is 0 Å². The first-order chi connectivity index (χ1) is 8.22. The number of aryl methyl sites for hydroxylation is 1. The Balaban J connectivity index is 2.41. The summed E-state index contributed by atoms with van der Waals surface area (Å²) in [6, 6.07) is 7.92. The van der Waals surface area contributed by atoms with Gasteiger partial charge in [0, 0.05) is 12.0 Å². The molecule has 1 nitrogen and oxygen atoms in total. The summed E-state index contributed by atoms with van der Waals surface area (Å²) in [4.78, 5) is 11.5. The molecule has 0 aromatic heterocycles. The zero-order valence-electron chi connectivity index (χ0n) is 10.8. The van der Waals surface area contributed by atoms with E-state index >= 15 is 0 Å². The maximum absolute atomic E-state index is 11.5. The van der Waals surface area contributed by atoms with Crippen LogP contribution in [0.3, 0.4) is 0 Å². The number of Topliss-reactive ketones (excluding diaryl/α,β-unsaturated/α-hetero) is 1. The molecular formula is C16H20O. The van der Waals surface area contributed by atoms with Gasteiger partial charge in [-0.2, -0.15) is 0 Å². The van der Waals surface area contributed by atoms with Crippen LogP contribution in [0.2, 0.25) is 0 Å². The van der Waals surface area contributed by atoms with E-state index in [9.17, 15) is 4.79 Å². The topological polar surface area (TPSA) is 17.1 Å². The molecule has 1 rings (SSSR count). The summed E-state index contributed by atoms with van der Waals surface area (Å²) in [5.41, 5.74) is 2.10. The Hall–Kier alpha value is -1.55. The minimum atomic E-state index is 0.0580. The van der Waals surface area contributed by atoms with Crippen molar-refractivity contribution in [1.29, 1.82) is 0 Å². The maximum atomic E-state index is 11.5. The second-order valence-corrected chi connectivity index (χ2v) is 4.35. The number of hydrogen-bond acceptors (Lipinski definition) is 1. The summed E-state index contributed by atoms with van der Waals surface area (Å²) in [6.45, 7) is 4.19. The Kier molecular flexibility index (Phi) is 6.10. The van der Waals surface area contributed by atoms with Gasteiger partial charge in [-0.15, -0.1) is 0 Å². The first-order valence-corrected chi connectivity index (χ1v) is 6.34. The Morgan fingerprint density at radius 1 is 1.24 bits per heavy atom. The minimum absolute atomic E-state index is 0.0580. The van der Waals surface area contributed by atoms with Gasteiger partial charge in [0.2, 0.25) is 5.78 Å². The molecule has 0 aliphatic carbocycles. The van der Waals surface area contributed by atoms with Crippen molar-refractivity contribution in [3.63, 3.8) is 0 Å². The van der Waals surface area contributed by atoms with Crippen LogP contribution in [-0.4, -0.2) is 5.78 Å². The Morgan fingerprint density at radius 3 is 2.76 bits per heavy atom. The van der Waals surface area contributed by atoms with Crippen LogP contribution >= 0.6 is 0 Å². The van der Waals surface area contributed by atoms with E-state index in [2.05, 4.69) is 18.8 Å². The van der Waals surface area contributed by atoms with Gasteiger partial charge in [0.15, 0.2) is 0 Å². The van der Waals surface area contributed by atoms with E-state index in [1.165, 1.54) is 18.4 Å². The van der Waals surface area contributed by atoms with E-state index in [-0.39, 0.29) is 5.78 Å². The quantitative estimate of drug-likeness (QED) is 0.552. The van der Waals surface area contributed by atoms with Crippen molar-refractivity contribution in [3.05, 3.63) is 35.4 Å². The van der Waals surface area contributed by atoms with Gasteiger partial charge in [-0.05, 0) is 37.0 Å². The fraction of sp³-hybridized carbons (Fsp3) is 0.438. The number of carbonyl (C=O) groups is 1. The standard InChI is InChI=1S/C16H20O/c1-3-4-5-6-10-16(17)12-11-15-9-7-8-14(2)13-15/h7-9,13H,3-6,10H2,1-2H3. The fourth-order valence-corrected chi connectivity index (χ4v) is 1.64. The van der Waals surface area contributed by atoms with Crippen molar-refractivity contribution in [3.8, 4) is 11.8 Å². The molecule has 1 heteroatoms. The first kappa shape index (κ1) is 13.5. The second kappa shape index (κ2) is 7.68. The minimum Gasteiger partial charge on any atom is -0.285 e. The highest BCUT2D eigenvalue weighted by Crippen LogP contribution is 2.04. The molecule has 0 atom stereocenters. The largest absolute Gasteiger partial charge is 0.285 e. The molecule has 0 saturated heterocycles. The molecule has 0 amide bonds. The third-order valence-electron chi connectivity index (χ3n) is 2.62. The number of unbranched alkanes of at least 4 members (excludes halogenated alkanes) is 3. The molecule has 0 aliphatic rings. The van der Waals surface area contributed by atoms with Gasteiger partial charge in [0.05, 0.1) is 0 Å². The summed E-state index contributed by atoms with van der Waals surface area (Å²) in [6.07, 6.45) is 5.10. The number of hydrogen-bond donors (Lipinski definition) is 0.